The molecule has 0 fully saturated rings. The summed E-state index contributed by atoms with van der Waals surface area (Å²) >= 11 is 1.57. The zero-order valence-corrected chi connectivity index (χ0v) is 12.6. The van der Waals surface area contributed by atoms with Crippen LogP contribution in [0.25, 0.3) is 16.2 Å². The van der Waals surface area contributed by atoms with Crippen molar-refractivity contribution >= 4 is 28.7 Å². The highest BCUT2D eigenvalue weighted by Crippen LogP contribution is 2.29. The summed E-state index contributed by atoms with van der Waals surface area (Å²) in [5, 5.41) is 5.47. The molecule has 0 radical (unpaired) electrons. The molecule has 0 spiro atoms. The number of nitrogens with zero attached hydrogens (tertiary/aromatic N) is 3. The van der Waals surface area contributed by atoms with Crippen LogP contribution in [0.5, 0.6) is 5.75 Å². The lowest BCUT2D eigenvalue weighted by atomic mass is 10.1. The molecule has 20 heavy (non-hydrogen) atoms. The van der Waals surface area contributed by atoms with Crippen LogP contribution in [0.15, 0.2) is 30.5 Å². The topological polar surface area (TPSA) is 65.4 Å². The summed E-state index contributed by atoms with van der Waals surface area (Å²) in [6, 6.07) is 7.83. The van der Waals surface area contributed by atoms with Gasteiger partial charge in [-0.25, -0.2) is 9.50 Å². The first-order valence-electron chi connectivity index (χ1n) is 6.00. The molecular formula is C13H15ClN4OS. The zero-order valence-electron chi connectivity index (χ0n) is 10.9. The fraction of sp³-hybridized carbons (Fsp3) is 0.231. The molecule has 0 aliphatic rings. The van der Waals surface area contributed by atoms with Gasteiger partial charge in [-0.2, -0.15) is 5.10 Å². The lowest BCUT2D eigenvalue weighted by Crippen LogP contribution is -2.02. The number of aromatic nitrogens is 3. The number of benzene rings is 1. The molecular weight excluding hydrogens is 296 g/mol. The first-order chi connectivity index (χ1) is 9.31. The van der Waals surface area contributed by atoms with E-state index >= 15 is 0 Å². The van der Waals surface area contributed by atoms with E-state index in [-0.39, 0.29) is 12.4 Å². The maximum absolute atomic E-state index is 5.53. The molecule has 0 atom stereocenters. The van der Waals surface area contributed by atoms with E-state index in [4.69, 9.17) is 10.5 Å². The van der Waals surface area contributed by atoms with E-state index in [2.05, 4.69) is 10.1 Å². The Morgan fingerprint density at radius 2 is 2.15 bits per heavy atom. The summed E-state index contributed by atoms with van der Waals surface area (Å²) in [5.74, 6) is 0.815. The van der Waals surface area contributed by atoms with Gasteiger partial charge < -0.3 is 10.5 Å². The Balaban J connectivity index is 0.00000147. The van der Waals surface area contributed by atoms with E-state index in [1.807, 2.05) is 30.5 Å². The SMILES string of the molecule is COc1ccccc1-c1cn2nc(CCN)sc2n1.Cl. The molecule has 3 aromatic rings. The normalized spacial score (nSPS) is 10.5. The van der Waals surface area contributed by atoms with Gasteiger partial charge in [0.1, 0.15) is 10.8 Å². The molecule has 2 aromatic heterocycles. The maximum Gasteiger partial charge on any atom is 0.212 e. The lowest BCUT2D eigenvalue weighted by Gasteiger charge is -2.04. The average Bonchev–Trinajstić information content (AvgIpc) is 2.97. The first-order valence-corrected chi connectivity index (χ1v) is 6.82. The van der Waals surface area contributed by atoms with E-state index in [1.54, 1.807) is 23.0 Å². The van der Waals surface area contributed by atoms with E-state index in [0.29, 0.717) is 6.54 Å². The Kier molecular flexibility index (Phi) is 4.59. The van der Waals surface area contributed by atoms with Crippen molar-refractivity contribution in [2.24, 2.45) is 5.73 Å². The summed E-state index contributed by atoms with van der Waals surface area (Å²) < 4.78 is 7.15. The summed E-state index contributed by atoms with van der Waals surface area (Å²) in [6.45, 7) is 0.607. The molecule has 2 N–H and O–H groups in total. The number of fused-ring (bicyclic) bond motifs is 1. The number of para-hydroxylation sites is 1. The van der Waals surface area contributed by atoms with Gasteiger partial charge in [0.05, 0.1) is 19.0 Å². The van der Waals surface area contributed by atoms with E-state index in [0.717, 1.165) is 33.4 Å². The third-order valence-electron chi connectivity index (χ3n) is 2.83. The number of hydrogen-bond donors (Lipinski definition) is 1. The molecule has 0 aliphatic heterocycles. The standard InChI is InChI=1S/C13H14N4OS.ClH/c1-18-11-5-3-2-4-9(11)10-8-17-13(15-10)19-12(16-17)6-7-14;/h2-5,8H,6-7,14H2,1H3;1H. The number of hydrogen-bond acceptors (Lipinski definition) is 5. The van der Waals surface area contributed by atoms with Crippen LogP contribution in [0.4, 0.5) is 0 Å². The molecule has 0 amide bonds. The molecule has 106 valence electrons. The minimum atomic E-state index is 0. The molecule has 0 aliphatic carbocycles. The van der Waals surface area contributed by atoms with Crippen molar-refractivity contribution < 1.29 is 4.74 Å². The molecule has 7 heteroatoms. The molecule has 1 aromatic carbocycles. The third kappa shape index (κ3) is 2.63. The molecule has 2 heterocycles. The van der Waals surface area contributed by atoms with Crippen LogP contribution >= 0.6 is 23.7 Å². The number of methoxy groups -OCH3 is 1. The largest absolute Gasteiger partial charge is 0.496 e. The Hall–Kier alpha value is -1.63. The minimum absolute atomic E-state index is 0. The Morgan fingerprint density at radius 3 is 2.85 bits per heavy atom. The van der Waals surface area contributed by atoms with Crippen molar-refractivity contribution in [2.45, 2.75) is 6.42 Å². The van der Waals surface area contributed by atoms with Gasteiger partial charge in [0.25, 0.3) is 0 Å². The average molecular weight is 311 g/mol. The van der Waals surface area contributed by atoms with Gasteiger partial charge in [-0.1, -0.05) is 23.5 Å². The summed E-state index contributed by atoms with van der Waals surface area (Å²) in [4.78, 5) is 5.47. The van der Waals surface area contributed by atoms with Gasteiger partial charge in [0.2, 0.25) is 4.96 Å². The van der Waals surface area contributed by atoms with Crippen LogP contribution in [0.3, 0.4) is 0 Å². The zero-order chi connectivity index (χ0) is 13.2. The van der Waals surface area contributed by atoms with Crippen molar-refractivity contribution in [1.29, 1.82) is 0 Å². The highest BCUT2D eigenvalue weighted by Gasteiger charge is 2.12. The van der Waals surface area contributed by atoms with Crippen molar-refractivity contribution in [2.75, 3.05) is 13.7 Å². The first kappa shape index (κ1) is 14.8. The molecule has 5 nitrogen and oxygen atoms in total. The van der Waals surface area contributed by atoms with E-state index < -0.39 is 0 Å². The second-order valence-electron chi connectivity index (χ2n) is 4.09. The number of ether oxygens (including phenoxy) is 1. The third-order valence-corrected chi connectivity index (χ3v) is 3.81. The Morgan fingerprint density at radius 1 is 1.35 bits per heavy atom. The van der Waals surface area contributed by atoms with E-state index in [9.17, 15) is 0 Å². The van der Waals surface area contributed by atoms with Gasteiger partial charge in [0, 0.05) is 12.0 Å². The van der Waals surface area contributed by atoms with Crippen molar-refractivity contribution in [3.05, 3.63) is 35.5 Å². The number of rotatable bonds is 4. The molecule has 0 bridgehead atoms. The predicted octanol–water partition coefficient (Wildman–Crippen LogP) is 2.39. The monoisotopic (exact) mass is 310 g/mol. The van der Waals surface area contributed by atoms with Crippen molar-refractivity contribution in [3.63, 3.8) is 0 Å². The van der Waals surface area contributed by atoms with Crippen LogP contribution in [-0.4, -0.2) is 28.3 Å². The molecule has 0 unspecified atom stereocenters. The van der Waals surface area contributed by atoms with Crippen molar-refractivity contribution in [3.8, 4) is 17.0 Å². The Bertz CT molecular complexity index is 678. The summed E-state index contributed by atoms with van der Waals surface area (Å²) in [6.07, 6.45) is 2.71. The Labute approximate surface area is 126 Å². The number of halogens is 1. The molecule has 0 saturated carbocycles. The smallest absolute Gasteiger partial charge is 0.212 e. The van der Waals surface area contributed by atoms with Crippen LogP contribution in [0, 0.1) is 0 Å². The van der Waals surface area contributed by atoms with Crippen LogP contribution in [0.2, 0.25) is 0 Å². The van der Waals surface area contributed by atoms with Gasteiger partial charge in [-0.15, -0.1) is 12.4 Å². The molecule has 0 saturated heterocycles. The fourth-order valence-electron chi connectivity index (χ4n) is 1.95. The molecule has 3 rings (SSSR count). The number of nitrogens with two attached hydrogens (primary N) is 1. The number of imidazole rings is 1. The fourth-order valence-corrected chi connectivity index (χ4v) is 2.84. The van der Waals surface area contributed by atoms with E-state index in [1.165, 1.54) is 0 Å². The van der Waals surface area contributed by atoms with Gasteiger partial charge in [0.15, 0.2) is 0 Å². The van der Waals surface area contributed by atoms with Crippen LogP contribution in [-0.2, 0) is 6.42 Å². The summed E-state index contributed by atoms with van der Waals surface area (Å²) in [7, 11) is 1.66. The van der Waals surface area contributed by atoms with Gasteiger partial charge in [-0.05, 0) is 18.7 Å². The second-order valence-corrected chi connectivity index (χ2v) is 5.13. The van der Waals surface area contributed by atoms with Gasteiger partial charge >= 0.3 is 0 Å². The van der Waals surface area contributed by atoms with Gasteiger partial charge in [-0.3, -0.25) is 0 Å². The highest BCUT2D eigenvalue weighted by atomic mass is 35.5. The highest BCUT2D eigenvalue weighted by molar-refractivity contribution is 7.16. The van der Waals surface area contributed by atoms with Crippen LogP contribution < -0.4 is 10.5 Å². The quantitative estimate of drug-likeness (QED) is 0.803. The summed E-state index contributed by atoms with van der Waals surface area (Å²) in [5.41, 5.74) is 7.38. The predicted molar refractivity (Wildman–Crippen MR) is 82.9 cm³/mol. The maximum atomic E-state index is 5.53. The lowest BCUT2D eigenvalue weighted by molar-refractivity contribution is 0.416. The van der Waals surface area contributed by atoms with Crippen molar-refractivity contribution in [1.82, 2.24) is 14.6 Å². The minimum Gasteiger partial charge on any atom is -0.496 e. The second kappa shape index (κ2) is 6.21. The van der Waals surface area contributed by atoms with Crippen LogP contribution in [0.1, 0.15) is 5.01 Å².